The van der Waals surface area contributed by atoms with Crippen LogP contribution >= 0.6 is 0 Å². The van der Waals surface area contributed by atoms with Gasteiger partial charge in [-0.05, 0) is 0 Å². The van der Waals surface area contributed by atoms with Crippen LogP contribution in [0.2, 0.25) is 0 Å². The van der Waals surface area contributed by atoms with Crippen LogP contribution in [-0.4, -0.2) is 21.7 Å². The van der Waals surface area contributed by atoms with Gasteiger partial charge in [-0.1, -0.05) is 0 Å². The molecule has 5 nitrogen and oxygen atoms in total. The van der Waals surface area contributed by atoms with Crippen LogP contribution in [0.15, 0.2) is 12.5 Å². The Morgan fingerprint density at radius 2 is 2.36 bits per heavy atom. The molecular formula is C6H6N2O3. The maximum atomic E-state index is 10.6. The van der Waals surface area contributed by atoms with Crippen LogP contribution < -0.4 is 4.74 Å². The van der Waals surface area contributed by atoms with E-state index in [-0.39, 0.29) is 5.88 Å². The molecule has 0 amide bonds. The van der Waals surface area contributed by atoms with Gasteiger partial charge in [0.1, 0.15) is 0 Å². The Balaban J connectivity index is 2.57. The number of aromatic nitrogens is 2. The number of aromatic amines is 1. The first-order chi connectivity index (χ1) is 5.20. The highest BCUT2D eigenvalue weighted by molar-refractivity contribution is 6.33. The van der Waals surface area contributed by atoms with E-state index in [0.717, 1.165) is 6.92 Å². The molecule has 1 aromatic heterocycles. The van der Waals surface area contributed by atoms with Crippen molar-refractivity contribution >= 4 is 11.8 Å². The molecule has 0 unspecified atom stereocenters. The van der Waals surface area contributed by atoms with Gasteiger partial charge in [0.05, 0.1) is 12.5 Å². The van der Waals surface area contributed by atoms with E-state index in [9.17, 15) is 9.59 Å². The second kappa shape index (κ2) is 2.96. The molecule has 0 radical (unpaired) electrons. The van der Waals surface area contributed by atoms with Crippen LogP contribution in [0.3, 0.4) is 0 Å². The summed E-state index contributed by atoms with van der Waals surface area (Å²) >= 11 is 0. The van der Waals surface area contributed by atoms with E-state index < -0.39 is 11.8 Å². The Hall–Kier alpha value is -1.65. The monoisotopic (exact) mass is 154 g/mol. The Kier molecular flexibility index (Phi) is 2.00. The van der Waals surface area contributed by atoms with Gasteiger partial charge < -0.3 is 9.72 Å². The Morgan fingerprint density at radius 1 is 1.64 bits per heavy atom. The summed E-state index contributed by atoms with van der Waals surface area (Å²) in [4.78, 5) is 27.1. The zero-order valence-electron chi connectivity index (χ0n) is 5.83. The van der Waals surface area contributed by atoms with Crippen LogP contribution in [-0.2, 0) is 9.59 Å². The van der Waals surface area contributed by atoms with Gasteiger partial charge in [0, 0.05) is 6.92 Å². The van der Waals surface area contributed by atoms with Crippen molar-refractivity contribution < 1.29 is 14.3 Å². The van der Waals surface area contributed by atoms with Crippen LogP contribution in [0, 0.1) is 0 Å². The molecule has 0 aliphatic carbocycles. The smallest absolute Gasteiger partial charge is 0.380 e. The van der Waals surface area contributed by atoms with Gasteiger partial charge in [-0.3, -0.25) is 4.79 Å². The summed E-state index contributed by atoms with van der Waals surface area (Å²) in [6.45, 7) is 1.14. The quantitative estimate of drug-likeness (QED) is 0.477. The molecule has 1 N–H and O–H groups in total. The van der Waals surface area contributed by atoms with Crippen molar-refractivity contribution in [2.45, 2.75) is 6.92 Å². The molecule has 0 fully saturated rings. The van der Waals surface area contributed by atoms with E-state index >= 15 is 0 Å². The van der Waals surface area contributed by atoms with Gasteiger partial charge in [-0.25, -0.2) is 9.78 Å². The first-order valence-corrected chi connectivity index (χ1v) is 2.91. The number of esters is 1. The molecule has 1 rings (SSSR count). The number of ether oxygens (including phenoxy) is 1. The van der Waals surface area contributed by atoms with Crippen LogP contribution in [0.25, 0.3) is 0 Å². The second-order valence-electron chi connectivity index (χ2n) is 1.86. The molecule has 0 aromatic carbocycles. The lowest BCUT2D eigenvalue weighted by Crippen LogP contribution is -2.16. The highest BCUT2D eigenvalue weighted by Crippen LogP contribution is 2.01. The first kappa shape index (κ1) is 7.46. The van der Waals surface area contributed by atoms with E-state index in [4.69, 9.17) is 0 Å². The number of hydrogen-bond donors (Lipinski definition) is 1. The molecule has 0 aliphatic rings. The van der Waals surface area contributed by atoms with Gasteiger partial charge in [0.15, 0.2) is 0 Å². The molecule has 0 spiro atoms. The molecule has 11 heavy (non-hydrogen) atoms. The molecule has 0 saturated carbocycles. The minimum atomic E-state index is -0.894. The number of nitrogens with zero attached hydrogens (tertiary/aromatic N) is 1. The fourth-order valence-corrected chi connectivity index (χ4v) is 0.471. The summed E-state index contributed by atoms with van der Waals surface area (Å²) in [5, 5.41) is 0. The molecule has 58 valence electrons. The van der Waals surface area contributed by atoms with E-state index in [1.165, 1.54) is 12.5 Å². The number of H-pyrrole nitrogens is 1. The van der Waals surface area contributed by atoms with Crippen molar-refractivity contribution in [2.24, 2.45) is 0 Å². The van der Waals surface area contributed by atoms with Gasteiger partial charge in [-0.2, -0.15) is 0 Å². The van der Waals surface area contributed by atoms with Gasteiger partial charge >= 0.3 is 5.97 Å². The number of ketones is 1. The van der Waals surface area contributed by atoms with E-state index in [0.29, 0.717) is 0 Å². The average Bonchev–Trinajstić information content (AvgIpc) is 2.39. The SMILES string of the molecule is CC(=O)C(=O)Oc1cnc[nH]1. The third kappa shape index (κ3) is 1.89. The van der Waals surface area contributed by atoms with Gasteiger partial charge in [0.2, 0.25) is 11.7 Å². The Labute approximate surface area is 62.4 Å². The zero-order valence-corrected chi connectivity index (χ0v) is 5.83. The predicted molar refractivity (Wildman–Crippen MR) is 34.9 cm³/mol. The maximum absolute atomic E-state index is 10.6. The summed E-state index contributed by atoms with van der Waals surface area (Å²) in [6, 6.07) is 0. The molecule has 1 heterocycles. The molecule has 0 atom stereocenters. The number of Topliss-reactive ketones (excluding diaryl/α,β-unsaturated/α-hetero) is 1. The Morgan fingerprint density at radius 3 is 2.82 bits per heavy atom. The second-order valence-corrected chi connectivity index (χ2v) is 1.86. The summed E-state index contributed by atoms with van der Waals surface area (Å²) in [5.41, 5.74) is 0. The predicted octanol–water partition coefficient (Wildman–Crippen LogP) is -0.0959. The van der Waals surface area contributed by atoms with Gasteiger partial charge in [-0.15, -0.1) is 0 Å². The average molecular weight is 154 g/mol. The number of rotatable bonds is 2. The first-order valence-electron chi connectivity index (χ1n) is 2.91. The van der Waals surface area contributed by atoms with E-state index in [1.54, 1.807) is 0 Å². The van der Waals surface area contributed by atoms with Crippen molar-refractivity contribution in [3.05, 3.63) is 12.5 Å². The third-order valence-electron chi connectivity index (χ3n) is 0.963. The largest absolute Gasteiger partial charge is 0.402 e. The fraction of sp³-hybridized carbons (Fsp3) is 0.167. The third-order valence-corrected chi connectivity index (χ3v) is 0.963. The molecular weight excluding hydrogens is 148 g/mol. The number of hydrogen-bond acceptors (Lipinski definition) is 4. The lowest BCUT2D eigenvalue weighted by molar-refractivity contribution is -0.146. The van der Waals surface area contributed by atoms with Crippen molar-refractivity contribution in [2.75, 3.05) is 0 Å². The van der Waals surface area contributed by atoms with Gasteiger partial charge in [0.25, 0.3) is 0 Å². The van der Waals surface area contributed by atoms with Crippen molar-refractivity contribution in [3.8, 4) is 5.88 Å². The van der Waals surface area contributed by atoms with Crippen molar-refractivity contribution in [3.63, 3.8) is 0 Å². The van der Waals surface area contributed by atoms with Crippen LogP contribution in [0.4, 0.5) is 0 Å². The molecule has 0 bridgehead atoms. The van der Waals surface area contributed by atoms with Crippen molar-refractivity contribution in [1.29, 1.82) is 0 Å². The molecule has 1 aromatic rings. The maximum Gasteiger partial charge on any atom is 0.380 e. The Bertz CT molecular complexity index is 265. The lowest BCUT2D eigenvalue weighted by atomic mass is 10.5. The van der Waals surface area contributed by atoms with E-state index in [1.807, 2.05) is 0 Å². The number of carbonyl (C=O) groups is 2. The summed E-state index contributed by atoms with van der Waals surface area (Å²) in [5.74, 6) is -1.36. The number of carbonyl (C=O) groups excluding carboxylic acids is 2. The lowest BCUT2D eigenvalue weighted by Gasteiger charge is -1.94. The molecule has 5 heteroatoms. The summed E-state index contributed by atoms with van der Waals surface area (Å²) in [7, 11) is 0. The highest BCUT2D eigenvalue weighted by Gasteiger charge is 2.10. The van der Waals surface area contributed by atoms with Crippen molar-refractivity contribution in [1.82, 2.24) is 9.97 Å². The number of imidazole rings is 1. The molecule has 0 saturated heterocycles. The minimum Gasteiger partial charge on any atom is -0.402 e. The summed E-state index contributed by atoms with van der Waals surface area (Å²) < 4.78 is 4.51. The minimum absolute atomic E-state index is 0.171. The normalized spacial score (nSPS) is 9.18. The van der Waals surface area contributed by atoms with E-state index in [2.05, 4.69) is 14.7 Å². The summed E-state index contributed by atoms with van der Waals surface area (Å²) in [6.07, 6.45) is 2.66. The fourth-order valence-electron chi connectivity index (χ4n) is 0.471. The van der Waals surface area contributed by atoms with Crippen LogP contribution in [0.5, 0.6) is 5.88 Å². The topological polar surface area (TPSA) is 72.1 Å². The molecule has 0 aliphatic heterocycles. The highest BCUT2D eigenvalue weighted by atomic mass is 16.5. The standard InChI is InChI=1S/C6H6N2O3/c1-4(9)6(10)11-5-2-7-3-8-5/h2-3H,1H3,(H,7,8). The number of nitrogens with one attached hydrogen (secondary N) is 1. The van der Waals surface area contributed by atoms with Crippen LogP contribution in [0.1, 0.15) is 6.92 Å². The zero-order chi connectivity index (χ0) is 8.27.